The Morgan fingerprint density at radius 2 is 2.15 bits per heavy atom. The number of alkyl carbamates (subject to hydrolysis) is 1. The summed E-state index contributed by atoms with van der Waals surface area (Å²) >= 11 is 0. The van der Waals surface area contributed by atoms with Crippen LogP contribution in [0.3, 0.4) is 0 Å². The van der Waals surface area contributed by atoms with Crippen LogP contribution in [-0.2, 0) is 11.3 Å². The van der Waals surface area contributed by atoms with Crippen molar-refractivity contribution in [3.05, 3.63) is 23.5 Å². The maximum Gasteiger partial charge on any atom is 0.407 e. The Morgan fingerprint density at radius 3 is 2.70 bits per heavy atom. The molecular formula is C15H22N2O3. The standard InChI is InChI=1S/C15H22N2O3/c1-15(2,3)20-14(18)17-8-11-7-12(10-5-6-10)16-9-13(11)19-4/h7,9-10H,5-6,8H2,1-4H3,(H,17,18). The van der Waals surface area contributed by atoms with Gasteiger partial charge >= 0.3 is 6.09 Å². The Hall–Kier alpha value is -1.78. The first-order chi connectivity index (χ1) is 9.39. The van der Waals surface area contributed by atoms with E-state index in [9.17, 15) is 4.79 Å². The summed E-state index contributed by atoms with van der Waals surface area (Å²) < 4.78 is 10.5. The monoisotopic (exact) mass is 278 g/mol. The summed E-state index contributed by atoms with van der Waals surface area (Å²) in [6.07, 6.45) is 3.68. The van der Waals surface area contributed by atoms with Crippen molar-refractivity contribution in [2.75, 3.05) is 7.11 Å². The predicted molar refractivity (Wildman–Crippen MR) is 75.8 cm³/mol. The number of hydrogen-bond donors (Lipinski definition) is 1. The van der Waals surface area contributed by atoms with Gasteiger partial charge in [0.05, 0.1) is 13.3 Å². The van der Waals surface area contributed by atoms with E-state index in [-0.39, 0.29) is 0 Å². The maximum absolute atomic E-state index is 11.7. The van der Waals surface area contributed by atoms with E-state index in [0.717, 1.165) is 11.3 Å². The zero-order valence-electron chi connectivity index (χ0n) is 12.5. The molecule has 0 saturated heterocycles. The molecule has 0 aliphatic heterocycles. The fraction of sp³-hybridized carbons (Fsp3) is 0.600. The number of rotatable bonds is 4. The van der Waals surface area contributed by atoms with Crippen LogP contribution in [0.4, 0.5) is 4.79 Å². The number of hydrogen-bond acceptors (Lipinski definition) is 4. The summed E-state index contributed by atoms with van der Waals surface area (Å²) in [5.41, 5.74) is 1.51. The van der Waals surface area contributed by atoms with Gasteiger partial charge in [0, 0.05) is 23.7 Å². The second-order valence-electron chi connectivity index (χ2n) is 6.05. The molecule has 0 radical (unpaired) electrons. The van der Waals surface area contributed by atoms with E-state index in [4.69, 9.17) is 9.47 Å². The molecule has 5 heteroatoms. The predicted octanol–water partition coefficient (Wildman–Crippen LogP) is 2.99. The lowest BCUT2D eigenvalue weighted by molar-refractivity contribution is 0.0523. The van der Waals surface area contributed by atoms with Crippen LogP contribution in [-0.4, -0.2) is 23.8 Å². The van der Waals surface area contributed by atoms with Gasteiger partial charge in [0.25, 0.3) is 0 Å². The summed E-state index contributed by atoms with van der Waals surface area (Å²) in [4.78, 5) is 16.1. The van der Waals surface area contributed by atoms with Gasteiger partial charge in [-0.2, -0.15) is 0 Å². The van der Waals surface area contributed by atoms with Crippen molar-refractivity contribution in [3.63, 3.8) is 0 Å². The third-order valence-corrected chi connectivity index (χ3v) is 3.01. The minimum atomic E-state index is -0.494. The molecule has 0 bridgehead atoms. The molecule has 1 aliphatic rings. The smallest absolute Gasteiger partial charge is 0.407 e. The molecule has 1 fully saturated rings. The van der Waals surface area contributed by atoms with Gasteiger partial charge in [0.15, 0.2) is 0 Å². The number of aromatic nitrogens is 1. The first kappa shape index (κ1) is 14.6. The SMILES string of the molecule is COc1cnc(C2CC2)cc1CNC(=O)OC(C)(C)C. The Morgan fingerprint density at radius 1 is 1.45 bits per heavy atom. The van der Waals surface area contributed by atoms with Crippen LogP contribution >= 0.6 is 0 Å². The molecule has 0 atom stereocenters. The van der Waals surface area contributed by atoms with Crippen LogP contribution in [0.1, 0.15) is 50.8 Å². The van der Waals surface area contributed by atoms with Gasteiger partial charge in [-0.15, -0.1) is 0 Å². The highest BCUT2D eigenvalue weighted by Gasteiger charge is 2.26. The van der Waals surface area contributed by atoms with E-state index >= 15 is 0 Å². The van der Waals surface area contributed by atoms with E-state index in [1.165, 1.54) is 12.8 Å². The number of nitrogens with zero attached hydrogens (tertiary/aromatic N) is 1. The Balaban J connectivity index is 2.00. The minimum Gasteiger partial charge on any atom is -0.495 e. The molecule has 110 valence electrons. The molecule has 1 aromatic rings. The highest BCUT2D eigenvalue weighted by Crippen LogP contribution is 2.39. The number of methoxy groups -OCH3 is 1. The molecular weight excluding hydrogens is 256 g/mol. The summed E-state index contributed by atoms with van der Waals surface area (Å²) in [5.74, 6) is 1.26. The first-order valence-corrected chi connectivity index (χ1v) is 6.88. The second-order valence-corrected chi connectivity index (χ2v) is 6.05. The van der Waals surface area contributed by atoms with Crippen LogP contribution in [0.25, 0.3) is 0 Å². The summed E-state index contributed by atoms with van der Waals surface area (Å²) in [5, 5.41) is 2.75. The summed E-state index contributed by atoms with van der Waals surface area (Å²) in [6, 6.07) is 2.01. The maximum atomic E-state index is 11.7. The lowest BCUT2D eigenvalue weighted by Crippen LogP contribution is -2.32. The topological polar surface area (TPSA) is 60.5 Å². The van der Waals surface area contributed by atoms with Crippen molar-refractivity contribution in [2.45, 2.75) is 51.7 Å². The lowest BCUT2D eigenvalue weighted by Gasteiger charge is -2.20. The molecule has 0 unspecified atom stereocenters. The number of carbonyl (C=O) groups excluding carboxylic acids is 1. The van der Waals surface area contributed by atoms with Crippen molar-refractivity contribution in [3.8, 4) is 5.75 Å². The highest BCUT2D eigenvalue weighted by atomic mass is 16.6. The van der Waals surface area contributed by atoms with Gasteiger partial charge in [-0.05, 0) is 39.7 Å². The third kappa shape index (κ3) is 4.11. The fourth-order valence-electron chi connectivity index (χ4n) is 1.91. The van der Waals surface area contributed by atoms with Crippen molar-refractivity contribution in [1.29, 1.82) is 0 Å². The highest BCUT2D eigenvalue weighted by molar-refractivity contribution is 5.67. The normalized spacial score (nSPS) is 14.8. The van der Waals surface area contributed by atoms with E-state index in [1.54, 1.807) is 13.3 Å². The lowest BCUT2D eigenvalue weighted by atomic mass is 10.1. The fourth-order valence-corrected chi connectivity index (χ4v) is 1.91. The average molecular weight is 278 g/mol. The molecule has 0 spiro atoms. The zero-order valence-corrected chi connectivity index (χ0v) is 12.5. The largest absolute Gasteiger partial charge is 0.495 e. The van der Waals surface area contributed by atoms with Gasteiger partial charge < -0.3 is 14.8 Å². The van der Waals surface area contributed by atoms with Crippen LogP contribution in [0.2, 0.25) is 0 Å². The van der Waals surface area contributed by atoms with Gasteiger partial charge in [0.1, 0.15) is 11.4 Å². The number of nitrogens with one attached hydrogen (secondary N) is 1. The van der Waals surface area contributed by atoms with Crippen molar-refractivity contribution < 1.29 is 14.3 Å². The number of ether oxygens (including phenoxy) is 2. The Bertz CT molecular complexity index is 490. The molecule has 1 saturated carbocycles. The van der Waals surface area contributed by atoms with Gasteiger partial charge in [0.2, 0.25) is 0 Å². The minimum absolute atomic E-state index is 0.375. The summed E-state index contributed by atoms with van der Waals surface area (Å²) in [7, 11) is 1.60. The second kappa shape index (κ2) is 5.69. The first-order valence-electron chi connectivity index (χ1n) is 6.88. The molecule has 1 amide bonds. The van der Waals surface area contributed by atoms with E-state index in [2.05, 4.69) is 10.3 Å². The quantitative estimate of drug-likeness (QED) is 0.919. The zero-order chi connectivity index (χ0) is 14.8. The average Bonchev–Trinajstić information content (AvgIpc) is 3.18. The van der Waals surface area contributed by atoms with Gasteiger partial charge in [-0.1, -0.05) is 0 Å². The summed E-state index contributed by atoms with van der Waals surface area (Å²) in [6.45, 7) is 5.89. The van der Waals surface area contributed by atoms with E-state index < -0.39 is 11.7 Å². The van der Waals surface area contributed by atoms with Crippen LogP contribution < -0.4 is 10.1 Å². The van der Waals surface area contributed by atoms with Crippen molar-refractivity contribution in [1.82, 2.24) is 10.3 Å². The number of carbonyl (C=O) groups is 1. The van der Waals surface area contributed by atoms with Crippen LogP contribution in [0.15, 0.2) is 12.3 Å². The van der Waals surface area contributed by atoms with Crippen molar-refractivity contribution in [2.24, 2.45) is 0 Å². The Labute approximate surface area is 119 Å². The Kier molecular flexibility index (Phi) is 4.16. The molecule has 1 aromatic heterocycles. The van der Waals surface area contributed by atoms with Gasteiger partial charge in [-0.25, -0.2) is 4.79 Å². The molecule has 2 rings (SSSR count). The molecule has 1 heterocycles. The van der Waals surface area contributed by atoms with E-state index in [0.29, 0.717) is 18.2 Å². The molecule has 1 aliphatic carbocycles. The van der Waals surface area contributed by atoms with Gasteiger partial charge in [-0.3, -0.25) is 4.98 Å². The molecule has 5 nitrogen and oxygen atoms in total. The number of pyridine rings is 1. The van der Waals surface area contributed by atoms with Crippen molar-refractivity contribution >= 4 is 6.09 Å². The van der Waals surface area contributed by atoms with Crippen LogP contribution in [0.5, 0.6) is 5.75 Å². The molecule has 20 heavy (non-hydrogen) atoms. The molecule has 1 N–H and O–H groups in total. The third-order valence-electron chi connectivity index (χ3n) is 3.01. The van der Waals surface area contributed by atoms with E-state index in [1.807, 2.05) is 26.8 Å². The number of amides is 1. The molecule has 0 aromatic carbocycles. The van der Waals surface area contributed by atoms with Crippen LogP contribution in [0, 0.1) is 0 Å².